The van der Waals surface area contributed by atoms with E-state index in [0.29, 0.717) is 0 Å². The molecular formula is C19H26N4O2. The number of benzene rings is 1. The smallest absolute Gasteiger partial charge is 0.319 e. The van der Waals surface area contributed by atoms with Gasteiger partial charge in [0.05, 0.1) is 18.7 Å². The van der Waals surface area contributed by atoms with E-state index in [-0.39, 0.29) is 12.1 Å². The molecule has 2 aromatic rings. The predicted molar refractivity (Wildman–Crippen MR) is 101 cm³/mol. The summed E-state index contributed by atoms with van der Waals surface area (Å²) < 4.78 is 5.41. The van der Waals surface area contributed by atoms with E-state index in [2.05, 4.69) is 28.5 Å². The molecule has 25 heavy (non-hydrogen) atoms. The van der Waals surface area contributed by atoms with E-state index in [1.807, 2.05) is 32.0 Å². The van der Waals surface area contributed by atoms with Gasteiger partial charge in [0.2, 0.25) is 0 Å². The van der Waals surface area contributed by atoms with Crippen LogP contribution in [0.15, 0.2) is 24.3 Å². The number of nitrogens with one attached hydrogen (secondary N) is 2. The molecule has 1 saturated heterocycles. The number of nitrogens with zero attached hydrogens (tertiary/aromatic N) is 2. The second kappa shape index (κ2) is 7.70. The molecule has 6 nitrogen and oxygen atoms in total. The number of amides is 2. The monoisotopic (exact) mass is 342 g/mol. The van der Waals surface area contributed by atoms with Crippen molar-refractivity contribution in [3.63, 3.8) is 0 Å². The van der Waals surface area contributed by atoms with Crippen LogP contribution in [0.3, 0.4) is 0 Å². The van der Waals surface area contributed by atoms with E-state index in [1.54, 1.807) is 0 Å². The van der Waals surface area contributed by atoms with Crippen molar-refractivity contribution in [3.8, 4) is 0 Å². The van der Waals surface area contributed by atoms with Crippen LogP contribution in [-0.4, -0.2) is 43.4 Å². The number of anilines is 2. The molecule has 2 N–H and O–H groups in total. The summed E-state index contributed by atoms with van der Waals surface area (Å²) in [5, 5.41) is 6.86. The zero-order valence-electron chi connectivity index (χ0n) is 15.1. The largest absolute Gasteiger partial charge is 0.378 e. The quantitative estimate of drug-likeness (QED) is 0.895. The van der Waals surface area contributed by atoms with Crippen molar-refractivity contribution in [2.45, 2.75) is 33.2 Å². The van der Waals surface area contributed by atoms with Gasteiger partial charge < -0.3 is 20.3 Å². The van der Waals surface area contributed by atoms with Gasteiger partial charge in [-0.05, 0) is 50.1 Å². The van der Waals surface area contributed by atoms with E-state index >= 15 is 0 Å². The standard InChI is InChI=1S/C19H26N4O2/c1-4-14(3)20-19(24)21-15-5-6-17-16(12-15)13(2)11-18(22-17)23-7-9-25-10-8-23/h5-6,11-12,14H,4,7-10H2,1-3H3,(H2,20,21,24)/t14-/m0/s1. The van der Waals surface area contributed by atoms with Crippen LogP contribution in [-0.2, 0) is 4.74 Å². The Balaban J connectivity index is 1.81. The molecule has 6 heteroatoms. The third-order valence-corrected chi connectivity index (χ3v) is 4.58. The number of rotatable bonds is 4. The van der Waals surface area contributed by atoms with E-state index < -0.39 is 0 Å². The molecule has 1 aliphatic rings. The van der Waals surface area contributed by atoms with Crippen molar-refractivity contribution >= 4 is 28.4 Å². The summed E-state index contributed by atoms with van der Waals surface area (Å²) in [5.41, 5.74) is 2.86. The highest BCUT2D eigenvalue weighted by molar-refractivity contribution is 5.94. The Labute approximate surface area is 148 Å². The number of hydrogen-bond acceptors (Lipinski definition) is 4. The van der Waals surface area contributed by atoms with Crippen molar-refractivity contribution in [3.05, 3.63) is 29.8 Å². The van der Waals surface area contributed by atoms with Gasteiger partial charge in [-0.15, -0.1) is 0 Å². The molecule has 2 amide bonds. The van der Waals surface area contributed by atoms with Crippen molar-refractivity contribution in [1.29, 1.82) is 0 Å². The maximum absolute atomic E-state index is 12.0. The van der Waals surface area contributed by atoms with Crippen LogP contribution in [0.25, 0.3) is 10.9 Å². The Hall–Kier alpha value is -2.34. The van der Waals surface area contributed by atoms with Crippen molar-refractivity contribution in [1.82, 2.24) is 10.3 Å². The molecule has 1 aromatic carbocycles. The molecule has 2 heterocycles. The molecule has 1 fully saturated rings. The topological polar surface area (TPSA) is 66.5 Å². The van der Waals surface area contributed by atoms with E-state index in [1.165, 1.54) is 0 Å². The van der Waals surface area contributed by atoms with E-state index in [0.717, 1.165) is 60.7 Å². The minimum atomic E-state index is -0.177. The minimum Gasteiger partial charge on any atom is -0.378 e. The fraction of sp³-hybridized carbons (Fsp3) is 0.474. The molecule has 0 bridgehead atoms. The van der Waals surface area contributed by atoms with Crippen LogP contribution in [0.1, 0.15) is 25.8 Å². The molecule has 1 atom stereocenters. The van der Waals surface area contributed by atoms with Gasteiger partial charge in [0.15, 0.2) is 0 Å². The summed E-state index contributed by atoms with van der Waals surface area (Å²) in [7, 11) is 0. The Morgan fingerprint density at radius 2 is 2.08 bits per heavy atom. The third kappa shape index (κ3) is 4.20. The number of morpholine rings is 1. The van der Waals surface area contributed by atoms with Crippen LogP contribution in [0.2, 0.25) is 0 Å². The lowest BCUT2D eigenvalue weighted by molar-refractivity contribution is 0.122. The summed E-state index contributed by atoms with van der Waals surface area (Å²) in [6.45, 7) is 9.33. The normalized spacial score (nSPS) is 15.9. The van der Waals surface area contributed by atoms with Gasteiger partial charge in [-0.1, -0.05) is 6.92 Å². The van der Waals surface area contributed by atoms with Gasteiger partial charge in [0.1, 0.15) is 5.82 Å². The number of urea groups is 1. The van der Waals surface area contributed by atoms with Crippen LogP contribution in [0.5, 0.6) is 0 Å². The van der Waals surface area contributed by atoms with Gasteiger partial charge in [-0.25, -0.2) is 9.78 Å². The summed E-state index contributed by atoms with van der Waals surface area (Å²) in [5.74, 6) is 0.989. The predicted octanol–water partition coefficient (Wildman–Crippen LogP) is 3.30. The number of fused-ring (bicyclic) bond motifs is 1. The number of carbonyl (C=O) groups excluding carboxylic acids is 1. The second-order valence-electron chi connectivity index (χ2n) is 6.54. The van der Waals surface area contributed by atoms with Crippen LogP contribution >= 0.6 is 0 Å². The van der Waals surface area contributed by atoms with Gasteiger partial charge in [-0.3, -0.25) is 0 Å². The summed E-state index contributed by atoms with van der Waals surface area (Å²) in [4.78, 5) is 19.0. The van der Waals surface area contributed by atoms with Crippen LogP contribution < -0.4 is 15.5 Å². The van der Waals surface area contributed by atoms with E-state index in [4.69, 9.17) is 9.72 Å². The number of aromatic nitrogens is 1. The van der Waals surface area contributed by atoms with Crippen LogP contribution in [0.4, 0.5) is 16.3 Å². The van der Waals surface area contributed by atoms with Crippen LogP contribution in [0, 0.1) is 6.92 Å². The number of aryl methyl sites for hydroxylation is 1. The Kier molecular flexibility index (Phi) is 5.38. The number of carbonyl (C=O) groups is 1. The molecule has 0 aliphatic carbocycles. The van der Waals surface area contributed by atoms with E-state index in [9.17, 15) is 4.79 Å². The van der Waals surface area contributed by atoms with Crippen molar-refractivity contribution < 1.29 is 9.53 Å². The minimum absolute atomic E-state index is 0.153. The highest BCUT2D eigenvalue weighted by atomic mass is 16.5. The maximum atomic E-state index is 12.0. The summed E-state index contributed by atoms with van der Waals surface area (Å²) >= 11 is 0. The Morgan fingerprint density at radius 1 is 1.32 bits per heavy atom. The molecule has 0 spiro atoms. The fourth-order valence-corrected chi connectivity index (χ4v) is 2.90. The van der Waals surface area contributed by atoms with Crippen molar-refractivity contribution in [2.75, 3.05) is 36.5 Å². The lowest BCUT2D eigenvalue weighted by atomic mass is 10.1. The molecule has 1 aromatic heterocycles. The first-order valence-electron chi connectivity index (χ1n) is 8.88. The average molecular weight is 342 g/mol. The lowest BCUT2D eigenvalue weighted by Gasteiger charge is -2.28. The summed E-state index contributed by atoms with van der Waals surface area (Å²) in [6, 6.07) is 7.93. The third-order valence-electron chi connectivity index (χ3n) is 4.58. The van der Waals surface area contributed by atoms with Crippen molar-refractivity contribution in [2.24, 2.45) is 0 Å². The molecule has 0 saturated carbocycles. The first-order valence-corrected chi connectivity index (χ1v) is 8.88. The first-order chi connectivity index (χ1) is 12.1. The zero-order chi connectivity index (χ0) is 17.8. The lowest BCUT2D eigenvalue weighted by Crippen LogP contribution is -2.36. The van der Waals surface area contributed by atoms with Gasteiger partial charge in [-0.2, -0.15) is 0 Å². The average Bonchev–Trinajstić information content (AvgIpc) is 2.62. The second-order valence-corrected chi connectivity index (χ2v) is 6.54. The number of ether oxygens (including phenoxy) is 1. The van der Waals surface area contributed by atoms with Gasteiger partial charge in [0, 0.05) is 30.2 Å². The first kappa shape index (κ1) is 17.5. The van der Waals surface area contributed by atoms with Gasteiger partial charge in [0.25, 0.3) is 0 Å². The highest BCUT2D eigenvalue weighted by Crippen LogP contribution is 2.25. The molecule has 134 valence electrons. The molecule has 0 unspecified atom stereocenters. The molecular weight excluding hydrogens is 316 g/mol. The molecule has 3 rings (SSSR count). The maximum Gasteiger partial charge on any atom is 0.319 e. The SMILES string of the molecule is CC[C@H](C)NC(=O)Nc1ccc2nc(N3CCOCC3)cc(C)c2c1. The number of hydrogen-bond donors (Lipinski definition) is 2. The summed E-state index contributed by atoms with van der Waals surface area (Å²) in [6.07, 6.45) is 0.901. The zero-order valence-corrected chi connectivity index (χ0v) is 15.1. The van der Waals surface area contributed by atoms with Gasteiger partial charge >= 0.3 is 6.03 Å². The molecule has 1 aliphatic heterocycles. The Morgan fingerprint density at radius 3 is 2.80 bits per heavy atom. The fourth-order valence-electron chi connectivity index (χ4n) is 2.90. The molecule has 0 radical (unpaired) electrons. The highest BCUT2D eigenvalue weighted by Gasteiger charge is 2.14. The Bertz CT molecular complexity index is 756. The number of pyridine rings is 1.